The van der Waals surface area contributed by atoms with E-state index >= 15 is 0 Å². The monoisotopic (exact) mass is 205 g/mol. The van der Waals surface area contributed by atoms with Gasteiger partial charge in [0.15, 0.2) is 0 Å². The standard InChI is InChI=1S/C10H24NOP/c1-9-6-7-11(2)10(9)8-12-13(3,4)5/h9-10,13H,6-8H2,1-5H3. The molecule has 2 nitrogen and oxygen atoms in total. The van der Waals surface area contributed by atoms with Gasteiger partial charge in [-0.05, 0) is 0 Å². The Hall–Kier alpha value is 0.350. The van der Waals surface area contributed by atoms with Gasteiger partial charge in [0, 0.05) is 0 Å². The summed E-state index contributed by atoms with van der Waals surface area (Å²) in [7, 11) is 0.899. The molecular weight excluding hydrogens is 181 g/mol. The van der Waals surface area contributed by atoms with E-state index in [0.29, 0.717) is 6.04 Å². The van der Waals surface area contributed by atoms with Crippen LogP contribution in [0.15, 0.2) is 0 Å². The van der Waals surface area contributed by atoms with Crippen LogP contribution in [0.25, 0.3) is 0 Å². The maximum absolute atomic E-state index is 5.95. The van der Waals surface area contributed by atoms with Crippen LogP contribution >= 0.6 is 7.49 Å². The molecule has 1 aliphatic heterocycles. The van der Waals surface area contributed by atoms with Gasteiger partial charge >= 0.3 is 82.4 Å². The Bertz CT molecular complexity index is 157. The van der Waals surface area contributed by atoms with Gasteiger partial charge in [0.1, 0.15) is 0 Å². The third-order valence-corrected chi connectivity index (χ3v) is 3.88. The van der Waals surface area contributed by atoms with Crippen molar-refractivity contribution < 1.29 is 4.52 Å². The second-order valence-corrected chi connectivity index (χ2v) is 9.75. The normalized spacial score (nSPS) is 32.4. The fourth-order valence-electron chi connectivity index (χ4n) is 1.83. The molecule has 0 bridgehead atoms. The van der Waals surface area contributed by atoms with Gasteiger partial charge in [-0.2, -0.15) is 0 Å². The van der Waals surface area contributed by atoms with E-state index in [-0.39, 0.29) is 0 Å². The van der Waals surface area contributed by atoms with E-state index in [1.165, 1.54) is 13.0 Å². The van der Waals surface area contributed by atoms with Crippen molar-refractivity contribution in [2.45, 2.75) is 19.4 Å². The van der Waals surface area contributed by atoms with Gasteiger partial charge in [-0.15, -0.1) is 0 Å². The molecule has 13 heavy (non-hydrogen) atoms. The van der Waals surface area contributed by atoms with Crippen LogP contribution in [0.3, 0.4) is 0 Å². The number of hydrogen-bond donors (Lipinski definition) is 0. The second-order valence-electron chi connectivity index (χ2n) is 5.24. The third kappa shape index (κ3) is 3.53. The van der Waals surface area contributed by atoms with Crippen LogP contribution in [0.5, 0.6) is 0 Å². The summed E-state index contributed by atoms with van der Waals surface area (Å²) in [5.41, 5.74) is 0. The molecular formula is C10H24NOP. The summed E-state index contributed by atoms with van der Waals surface area (Å²) in [6.45, 7) is 11.3. The topological polar surface area (TPSA) is 12.5 Å². The average molecular weight is 205 g/mol. The summed E-state index contributed by atoms with van der Waals surface area (Å²) in [6.07, 6.45) is 1.33. The summed E-state index contributed by atoms with van der Waals surface area (Å²) in [5, 5.41) is 0. The van der Waals surface area contributed by atoms with E-state index in [0.717, 1.165) is 12.5 Å². The zero-order chi connectivity index (χ0) is 10.1. The molecule has 3 heteroatoms. The van der Waals surface area contributed by atoms with Crippen LogP contribution in [0.4, 0.5) is 0 Å². The molecule has 0 spiro atoms. The Labute approximate surface area is 83.1 Å². The molecule has 0 amide bonds. The molecule has 0 aliphatic carbocycles. The van der Waals surface area contributed by atoms with Crippen molar-refractivity contribution in [2.24, 2.45) is 5.92 Å². The predicted octanol–water partition coefficient (Wildman–Crippen LogP) is 1.90. The van der Waals surface area contributed by atoms with Crippen LogP contribution < -0.4 is 0 Å². The minimum atomic E-state index is -1.31. The van der Waals surface area contributed by atoms with Crippen molar-refractivity contribution in [3.63, 3.8) is 0 Å². The molecule has 1 heterocycles. The van der Waals surface area contributed by atoms with Gasteiger partial charge in [0.25, 0.3) is 0 Å². The minimum absolute atomic E-state index is 0.659. The Morgan fingerprint density at radius 2 is 2.00 bits per heavy atom. The van der Waals surface area contributed by atoms with Crippen LogP contribution in [-0.4, -0.2) is 51.1 Å². The Morgan fingerprint density at radius 3 is 2.38 bits per heavy atom. The molecule has 0 saturated carbocycles. The molecule has 0 N–H and O–H groups in total. The Morgan fingerprint density at radius 1 is 1.38 bits per heavy atom. The van der Waals surface area contributed by atoms with Gasteiger partial charge < -0.3 is 0 Å². The first-order chi connectivity index (χ1) is 5.90. The van der Waals surface area contributed by atoms with Gasteiger partial charge in [-0.1, -0.05) is 0 Å². The van der Waals surface area contributed by atoms with Crippen molar-refractivity contribution in [1.82, 2.24) is 4.90 Å². The number of likely N-dealkylation sites (N-methyl/N-ethyl adjacent to an activating group) is 1. The Kier molecular flexibility index (Phi) is 3.73. The van der Waals surface area contributed by atoms with Crippen molar-refractivity contribution in [2.75, 3.05) is 40.2 Å². The molecule has 2 atom stereocenters. The first kappa shape index (κ1) is 11.4. The van der Waals surface area contributed by atoms with Crippen molar-refractivity contribution in [3.8, 4) is 0 Å². The van der Waals surface area contributed by atoms with Crippen LogP contribution in [0.1, 0.15) is 13.3 Å². The van der Waals surface area contributed by atoms with Crippen LogP contribution in [0.2, 0.25) is 0 Å². The third-order valence-electron chi connectivity index (χ3n) is 2.85. The van der Waals surface area contributed by atoms with E-state index in [2.05, 4.69) is 38.9 Å². The van der Waals surface area contributed by atoms with Crippen molar-refractivity contribution >= 4 is 7.49 Å². The van der Waals surface area contributed by atoms with Gasteiger partial charge in [-0.25, -0.2) is 0 Å². The van der Waals surface area contributed by atoms with Crippen LogP contribution in [0, 0.1) is 5.92 Å². The summed E-state index contributed by atoms with van der Waals surface area (Å²) in [6, 6.07) is 0.659. The number of rotatable bonds is 3. The molecule has 0 aromatic heterocycles. The van der Waals surface area contributed by atoms with Crippen LogP contribution in [-0.2, 0) is 4.52 Å². The fourth-order valence-corrected chi connectivity index (χ4v) is 2.50. The zero-order valence-electron chi connectivity index (χ0n) is 9.63. The van der Waals surface area contributed by atoms with Gasteiger partial charge in [-0.3, -0.25) is 0 Å². The van der Waals surface area contributed by atoms with E-state index in [1.54, 1.807) is 0 Å². The average Bonchev–Trinajstić information content (AvgIpc) is 2.27. The molecule has 0 aromatic rings. The fraction of sp³-hybridized carbons (Fsp3) is 1.00. The molecule has 2 unspecified atom stereocenters. The summed E-state index contributed by atoms with van der Waals surface area (Å²) in [4.78, 5) is 2.44. The molecule has 1 fully saturated rings. The van der Waals surface area contributed by atoms with Gasteiger partial charge in [0.05, 0.1) is 0 Å². The zero-order valence-corrected chi connectivity index (χ0v) is 10.6. The van der Waals surface area contributed by atoms with Gasteiger partial charge in [0.2, 0.25) is 0 Å². The van der Waals surface area contributed by atoms with Crippen molar-refractivity contribution in [3.05, 3.63) is 0 Å². The second kappa shape index (κ2) is 4.25. The predicted molar refractivity (Wildman–Crippen MR) is 62.2 cm³/mol. The molecule has 0 aromatic carbocycles. The quantitative estimate of drug-likeness (QED) is 0.652. The first-order valence-corrected chi connectivity index (χ1v) is 8.65. The van der Waals surface area contributed by atoms with E-state index in [1.807, 2.05) is 0 Å². The first-order valence-electron chi connectivity index (χ1n) is 5.24. The number of hydrogen-bond acceptors (Lipinski definition) is 2. The Balaban J connectivity index is 2.35. The SMILES string of the molecule is CC1CCN(C)C1CO[PH](C)(C)C. The van der Waals surface area contributed by atoms with E-state index < -0.39 is 7.49 Å². The number of likely N-dealkylation sites (tertiary alicyclic amines) is 1. The molecule has 1 saturated heterocycles. The molecule has 80 valence electrons. The summed E-state index contributed by atoms with van der Waals surface area (Å²) >= 11 is 0. The molecule has 0 radical (unpaired) electrons. The maximum atomic E-state index is 5.95. The molecule has 1 rings (SSSR count). The molecule has 1 aliphatic rings. The number of nitrogens with zero attached hydrogens (tertiary/aromatic N) is 1. The van der Waals surface area contributed by atoms with Crippen molar-refractivity contribution in [1.29, 1.82) is 0 Å². The van der Waals surface area contributed by atoms with E-state index in [4.69, 9.17) is 4.52 Å². The van der Waals surface area contributed by atoms with E-state index in [9.17, 15) is 0 Å². The summed E-state index contributed by atoms with van der Waals surface area (Å²) in [5.74, 6) is 0.807. The summed E-state index contributed by atoms with van der Waals surface area (Å²) < 4.78 is 5.95.